The SMILES string of the molecule is C=C(C)C(NN)c1cc(Br)cc(Br)c1. The molecule has 1 atom stereocenters. The minimum atomic E-state index is -0.0104. The van der Waals surface area contributed by atoms with Gasteiger partial charge in [-0.1, -0.05) is 44.0 Å². The van der Waals surface area contributed by atoms with Crippen LogP contribution in [0.4, 0.5) is 0 Å². The van der Waals surface area contributed by atoms with Gasteiger partial charge in [-0.25, -0.2) is 5.43 Å². The van der Waals surface area contributed by atoms with E-state index in [4.69, 9.17) is 5.84 Å². The Labute approximate surface area is 101 Å². The van der Waals surface area contributed by atoms with Crippen molar-refractivity contribution < 1.29 is 0 Å². The third kappa shape index (κ3) is 2.92. The Morgan fingerprint density at radius 2 is 1.86 bits per heavy atom. The highest BCUT2D eigenvalue weighted by molar-refractivity contribution is 9.11. The molecule has 1 rings (SSSR count). The Hall–Kier alpha value is -0.160. The van der Waals surface area contributed by atoms with E-state index in [2.05, 4.69) is 43.9 Å². The largest absolute Gasteiger partial charge is 0.271 e. The van der Waals surface area contributed by atoms with Gasteiger partial charge in [0.25, 0.3) is 0 Å². The summed E-state index contributed by atoms with van der Waals surface area (Å²) in [7, 11) is 0. The molecule has 0 saturated heterocycles. The summed E-state index contributed by atoms with van der Waals surface area (Å²) in [5.74, 6) is 5.46. The lowest BCUT2D eigenvalue weighted by atomic mass is 10.0. The first-order valence-corrected chi connectivity index (χ1v) is 5.70. The summed E-state index contributed by atoms with van der Waals surface area (Å²) < 4.78 is 2.03. The molecule has 0 bridgehead atoms. The van der Waals surface area contributed by atoms with E-state index in [1.165, 1.54) is 0 Å². The number of nitrogens with one attached hydrogen (secondary N) is 1. The fourth-order valence-corrected chi connectivity index (χ4v) is 2.59. The van der Waals surface area contributed by atoms with Gasteiger partial charge in [-0.05, 0) is 30.7 Å². The summed E-state index contributed by atoms with van der Waals surface area (Å²) >= 11 is 6.86. The average molecular weight is 320 g/mol. The van der Waals surface area contributed by atoms with Crippen LogP contribution in [0, 0.1) is 0 Å². The first-order chi connectivity index (χ1) is 6.54. The molecular formula is C10H12Br2N2. The maximum absolute atomic E-state index is 5.46. The maximum Gasteiger partial charge on any atom is 0.0665 e. The molecular weight excluding hydrogens is 308 g/mol. The number of hydrogen-bond donors (Lipinski definition) is 2. The molecule has 4 heteroatoms. The van der Waals surface area contributed by atoms with Crippen LogP contribution >= 0.6 is 31.9 Å². The molecule has 0 aliphatic heterocycles. The molecule has 1 aromatic carbocycles. The standard InChI is InChI=1S/C10H12Br2N2/c1-6(2)10(14-13)7-3-8(11)5-9(12)4-7/h3-5,10,14H,1,13H2,2H3. The quantitative estimate of drug-likeness (QED) is 0.509. The van der Waals surface area contributed by atoms with Gasteiger partial charge >= 0.3 is 0 Å². The second-order valence-corrected chi connectivity index (χ2v) is 4.98. The fourth-order valence-electron chi connectivity index (χ4n) is 1.26. The molecule has 0 saturated carbocycles. The average Bonchev–Trinajstić information content (AvgIpc) is 2.02. The van der Waals surface area contributed by atoms with Crippen molar-refractivity contribution in [1.82, 2.24) is 5.43 Å². The number of hydrazine groups is 1. The lowest BCUT2D eigenvalue weighted by Gasteiger charge is -2.16. The maximum atomic E-state index is 5.46. The summed E-state index contributed by atoms with van der Waals surface area (Å²) in [5, 5.41) is 0. The summed E-state index contributed by atoms with van der Waals surface area (Å²) in [4.78, 5) is 0. The molecule has 76 valence electrons. The van der Waals surface area contributed by atoms with E-state index in [9.17, 15) is 0 Å². The monoisotopic (exact) mass is 318 g/mol. The van der Waals surface area contributed by atoms with Crippen molar-refractivity contribution in [3.63, 3.8) is 0 Å². The fraction of sp³-hybridized carbons (Fsp3) is 0.200. The van der Waals surface area contributed by atoms with Crippen molar-refractivity contribution in [3.8, 4) is 0 Å². The highest BCUT2D eigenvalue weighted by atomic mass is 79.9. The molecule has 0 amide bonds. The zero-order valence-corrected chi connectivity index (χ0v) is 11.0. The van der Waals surface area contributed by atoms with Gasteiger partial charge in [-0.15, -0.1) is 0 Å². The highest BCUT2D eigenvalue weighted by Crippen LogP contribution is 2.26. The molecule has 1 aromatic rings. The van der Waals surface area contributed by atoms with Gasteiger partial charge in [0.05, 0.1) is 6.04 Å². The molecule has 0 aliphatic rings. The summed E-state index contributed by atoms with van der Waals surface area (Å²) in [6, 6.07) is 6.01. The van der Waals surface area contributed by atoms with Crippen molar-refractivity contribution >= 4 is 31.9 Å². The molecule has 0 heterocycles. The zero-order chi connectivity index (χ0) is 10.7. The van der Waals surface area contributed by atoms with E-state index in [0.29, 0.717) is 0 Å². The van der Waals surface area contributed by atoms with Crippen molar-refractivity contribution in [2.75, 3.05) is 0 Å². The van der Waals surface area contributed by atoms with Crippen LogP contribution in [0.5, 0.6) is 0 Å². The lowest BCUT2D eigenvalue weighted by molar-refractivity contribution is 0.626. The van der Waals surface area contributed by atoms with E-state index in [-0.39, 0.29) is 6.04 Å². The smallest absolute Gasteiger partial charge is 0.0665 e. The van der Waals surface area contributed by atoms with Crippen LogP contribution in [0.25, 0.3) is 0 Å². The van der Waals surface area contributed by atoms with E-state index in [0.717, 1.165) is 20.1 Å². The van der Waals surface area contributed by atoms with Crippen molar-refractivity contribution in [3.05, 3.63) is 44.9 Å². The topological polar surface area (TPSA) is 38.0 Å². The zero-order valence-electron chi connectivity index (χ0n) is 7.85. The molecule has 0 aliphatic carbocycles. The van der Waals surface area contributed by atoms with E-state index in [1.807, 2.05) is 25.1 Å². The van der Waals surface area contributed by atoms with Crippen LogP contribution in [-0.4, -0.2) is 0 Å². The molecule has 0 radical (unpaired) electrons. The Bertz CT molecular complexity index is 330. The Morgan fingerprint density at radius 3 is 2.21 bits per heavy atom. The van der Waals surface area contributed by atoms with Crippen LogP contribution in [0.3, 0.4) is 0 Å². The van der Waals surface area contributed by atoms with E-state index >= 15 is 0 Å². The van der Waals surface area contributed by atoms with Crippen LogP contribution in [0.1, 0.15) is 18.5 Å². The molecule has 3 N–H and O–H groups in total. The molecule has 1 unspecified atom stereocenters. The van der Waals surface area contributed by atoms with Gasteiger partial charge in [0.2, 0.25) is 0 Å². The van der Waals surface area contributed by atoms with Gasteiger partial charge in [0.15, 0.2) is 0 Å². The number of hydrogen-bond acceptors (Lipinski definition) is 2. The minimum Gasteiger partial charge on any atom is -0.271 e. The Kier molecular flexibility index (Phi) is 4.31. The van der Waals surface area contributed by atoms with Crippen molar-refractivity contribution in [1.29, 1.82) is 0 Å². The van der Waals surface area contributed by atoms with Gasteiger partial charge in [-0.3, -0.25) is 5.84 Å². The van der Waals surface area contributed by atoms with Crippen molar-refractivity contribution in [2.45, 2.75) is 13.0 Å². The molecule has 14 heavy (non-hydrogen) atoms. The Morgan fingerprint density at radius 1 is 1.36 bits per heavy atom. The van der Waals surface area contributed by atoms with Crippen LogP contribution in [-0.2, 0) is 0 Å². The summed E-state index contributed by atoms with van der Waals surface area (Å²) in [6.45, 7) is 5.83. The first-order valence-electron chi connectivity index (χ1n) is 4.12. The van der Waals surface area contributed by atoms with Gasteiger partial charge in [0.1, 0.15) is 0 Å². The highest BCUT2D eigenvalue weighted by Gasteiger charge is 2.10. The number of rotatable bonds is 3. The lowest BCUT2D eigenvalue weighted by Crippen LogP contribution is -2.28. The second-order valence-electron chi connectivity index (χ2n) is 3.15. The third-order valence-corrected chi connectivity index (χ3v) is 2.79. The first kappa shape index (κ1) is 11.9. The summed E-state index contributed by atoms with van der Waals surface area (Å²) in [6.07, 6.45) is 0. The van der Waals surface area contributed by atoms with Crippen LogP contribution < -0.4 is 11.3 Å². The molecule has 0 spiro atoms. The van der Waals surface area contributed by atoms with E-state index in [1.54, 1.807) is 0 Å². The number of nitrogens with two attached hydrogens (primary N) is 1. The summed E-state index contributed by atoms with van der Waals surface area (Å²) in [5.41, 5.74) is 4.80. The normalized spacial score (nSPS) is 12.6. The number of halogens is 2. The third-order valence-electron chi connectivity index (χ3n) is 1.88. The minimum absolute atomic E-state index is 0.0104. The van der Waals surface area contributed by atoms with Crippen molar-refractivity contribution in [2.24, 2.45) is 5.84 Å². The predicted octanol–water partition coefficient (Wildman–Crippen LogP) is 3.29. The number of benzene rings is 1. The van der Waals surface area contributed by atoms with Gasteiger partial charge in [0, 0.05) is 8.95 Å². The van der Waals surface area contributed by atoms with E-state index < -0.39 is 0 Å². The predicted molar refractivity (Wildman–Crippen MR) is 66.7 cm³/mol. The Balaban J connectivity index is 3.10. The van der Waals surface area contributed by atoms with Gasteiger partial charge in [-0.2, -0.15) is 0 Å². The molecule has 0 aromatic heterocycles. The molecule has 2 nitrogen and oxygen atoms in total. The van der Waals surface area contributed by atoms with Gasteiger partial charge < -0.3 is 0 Å². The second kappa shape index (κ2) is 5.07. The van der Waals surface area contributed by atoms with Crippen LogP contribution in [0.15, 0.2) is 39.3 Å². The van der Waals surface area contributed by atoms with Crippen LogP contribution in [0.2, 0.25) is 0 Å². The molecule has 0 fully saturated rings.